The molecule has 0 saturated heterocycles. The maximum Gasteiger partial charge on any atom is 0.0150 e. The fourth-order valence-corrected chi connectivity index (χ4v) is 1.94. The lowest BCUT2D eigenvalue weighted by atomic mass is 9.91. The van der Waals surface area contributed by atoms with E-state index in [0.29, 0.717) is 5.54 Å². The highest BCUT2D eigenvalue weighted by Gasteiger charge is 2.18. The van der Waals surface area contributed by atoms with Gasteiger partial charge in [-0.05, 0) is 26.3 Å². The van der Waals surface area contributed by atoms with E-state index in [4.69, 9.17) is 0 Å². The van der Waals surface area contributed by atoms with Crippen LogP contribution in [0.15, 0.2) is 0 Å². The average molecular weight is 199 g/mol. The summed E-state index contributed by atoms with van der Waals surface area (Å²) in [5, 5.41) is 3.60. The number of hydrogen-bond acceptors (Lipinski definition) is 1. The molecule has 1 nitrogen and oxygen atoms in total. The molecule has 14 heavy (non-hydrogen) atoms. The highest BCUT2D eigenvalue weighted by Crippen LogP contribution is 2.18. The minimum Gasteiger partial charge on any atom is -0.312 e. The molecule has 0 spiro atoms. The van der Waals surface area contributed by atoms with Gasteiger partial charge in [0.1, 0.15) is 0 Å². The van der Waals surface area contributed by atoms with E-state index in [2.05, 4.69) is 33.0 Å². The summed E-state index contributed by atoms with van der Waals surface area (Å²) in [6, 6.07) is 0. The molecule has 0 heterocycles. The molecule has 86 valence electrons. The Bertz CT molecular complexity index is 122. The zero-order chi connectivity index (χ0) is 10.9. The Morgan fingerprint density at radius 2 is 1.57 bits per heavy atom. The molecule has 0 saturated carbocycles. The molecule has 1 unspecified atom stereocenters. The second-order valence-electron chi connectivity index (χ2n) is 4.61. The molecule has 0 radical (unpaired) electrons. The summed E-state index contributed by atoms with van der Waals surface area (Å²) in [5.74, 6) is 0. The van der Waals surface area contributed by atoms with Crippen LogP contribution in [0, 0.1) is 0 Å². The van der Waals surface area contributed by atoms with Gasteiger partial charge in [-0.15, -0.1) is 0 Å². The van der Waals surface area contributed by atoms with Crippen molar-refractivity contribution < 1.29 is 0 Å². The Kier molecular flexibility index (Phi) is 8.26. The Balaban J connectivity index is 3.51. The van der Waals surface area contributed by atoms with Gasteiger partial charge in [0, 0.05) is 5.54 Å². The van der Waals surface area contributed by atoms with Crippen LogP contribution in [0.1, 0.15) is 72.6 Å². The highest BCUT2D eigenvalue weighted by atomic mass is 14.9. The molecule has 0 aromatic rings. The van der Waals surface area contributed by atoms with Crippen molar-refractivity contribution in [2.75, 3.05) is 6.54 Å². The van der Waals surface area contributed by atoms with Crippen molar-refractivity contribution in [3.05, 3.63) is 0 Å². The minimum absolute atomic E-state index is 0.390. The van der Waals surface area contributed by atoms with Gasteiger partial charge < -0.3 is 5.32 Å². The van der Waals surface area contributed by atoms with Crippen molar-refractivity contribution in [3.8, 4) is 0 Å². The Labute approximate surface area is 90.7 Å². The van der Waals surface area contributed by atoms with E-state index in [1.165, 1.54) is 44.9 Å². The van der Waals surface area contributed by atoms with Gasteiger partial charge in [-0.25, -0.2) is 0 Å². The SMILES string of the molecule is CCCCCCCC(C)(CC)NCC. The summed E-state index contributed by atoms with van der Waals surface area (Å²) in [6.45, 7) is 10.2. The van der Waals surface area contributed by atoms with Crippen molar-refractivity contribution in [2.24, 2.45) is 0 Å². The van der Waals surface area contributed by atoms with Crippen molar-refractivity contribution in [3.63, 3.8) is 0 Å². The van der Waals surface area contributed by atoms with Crippen molar-refractivity contribution in [1.29, 1.82) is 0 Å². The first-order chi connectivity index (χ1) is 6.68. The van der Waals surface area contributed by atoms with Gasteiger partial charge in [-0.3, -0.25) is 0 Å². The number of hydrogen-bond donors (Lipinski definition) is 1. The van der Waals surface area contributed by atoms with Gasteiger partial charge in [0.05, 0.1) is 0 Å². The third-order valence-corrected chi connectivity index (χ3v) is 3.22. The van der Waals surface area contributed by atoms with Crippen LogP contribution in [0.4, 0.5) is 0 Å². The highest BCUT2D eigenvalue weighted by molar-refractivity contribution is 4.80. The molecule has 0 bridgehead atoms. The summed E-state index contributed by atoms with van der Waals surface area (Å²) < 4.78 is 0. The maximum atomic E-state index is 3.60. The molecule has 0 aromatic heterocycles. The van der Waals surface area contributed by atoms with Gasteiger partial charge in [-0.1, -0.05) is 52.9 Å². The molecule has 0 aliphatic rings. The van der Waals surface area contributed by atoms with Crippen LogP contribution in [0.25, 0.3) is 0 Å². The third-order valence-electron chi connectivity index (χ3n) is 3.22. The van der Waals surface area contributed by atoms with Crippen LogP contribution >= 0.6 is 0 Å². The van der Waals surface area contributed by atoms with E-state index in [9.17, 15) is 0 Å². The summed E-state index contributed by atoms with van der Waals surface area (Å²) in [5.41, 5.74) is 0.390. The standard InChI is InChI=1S/C13H29N/c1-5-8-9-10-11-12-13(4,6-2)14-7-3/h14H,5-12H2,1-4H3. The second-order valence-corrected chi connectivity index (χ2v) is 4.61. The molecule has 1 N–H and O–H groups in total. The molecule has 0 aliphatic heterocycles. The monoisotopic (exact) mass is 199 g/mol. The van der Waals surface area contributed by atoms with Gasteiger partial charge in [0.15, 0.2) is 0 Å². The fourth-order valence-electron chi connectivity index (χ4n) is 1.94. The number of nitrogens with one attached hydrogen (secondary N) is 1. The van der Waals surface area contributed by atoms with E-state index in [-0.39, 0.29) is 0 Å². The maximum absolute atomic E-state index is 3.60. The van der Waals surface area contributed by atoms with Crippen LogP contribution < -0.4 is 5.32 Å². The lowest BCUT2D eigenvalue weighted by Crippen LogP contribution is -2.41. The van der Waals surface area contributed by atoms with Gasteiger partial charge in [-0.2, -0.15) is 0 Å². The Hall–Kier alpha value is -0.0400. The van der Waals surface area contributed by atoms with Crippen LogP contribution in [0.5, 0.6) is 0 Å². The minimum atomic E-state index is 0.390. The lowest BCUT2D eigenvalue weighted by Gasteiger charge is -2.29. The number of unbranched alkanes of at least 4 members (excludes halogenated alkanes) is 4. The zero-order valence-corrected chi connectivity index (χ0v) is 10.7. The largest absolute Gasteiger partial charge is 0.312 e. The van der Waals surface area contributed by atoms with E-state index < -0.39 is 0 Å². The average Bonchev–Trinajstić information content (AvgIpc) is 2.18. The molecule has 1 heteroatoms. The topological polar surface area (TPSA) is 12.0 Å². The summed E-state index contributed by atoms with van der Waals surface area (Å²) in [6.07, 6.45) is 9.55. The van der Waals surface area contributed by atoms with Gasteiger partial charge >= 0.3 is 0 Å². The summed E-state index contributed by atoms with van der Waals surface area (Å²) >= 11 is 0. The van der Waals surface area contributed by atoms with E-state index >= 15 is 0 Å². The van der Waals surface area contributed by atoms with E-state index in [0.717, 1.165) is 6.54 Å². The smallest absolute Gasteiger partial charge is 0.0150 e. The molecule has 0 aromatic carbocycles. The molecule has 0 amide bonds. The molecule has 1 atom stereocenters. The summed E-state index contributed by atoms with van der Waals surface area (Å²) in [4.78, 5) is 0. The predicted molar refractivity (Wildman–Crippen MR) is 65.7 cm³/mol. The van der Waals surface area contributed by atoms with Crippen LogP contribution in [0.3, 0.4) is 0 Å². The summed E-state index contributed by atoms with van der Waals surface area (Å²) in [7, 11) is 0. The zero-order valence-electron chi connectivity index (χ0n) is 10.7. The van der Waals surface area contributed by atoms with Crippen molar-refractivity contribution in [1.82, 2.24) is 5.32 Å². The first kappa shape index (κ1) is 14.0. The van der Waals surface area contributed by atoms with Gasteiger partial charge in [0.2, 0.25) is 0 Å². The first-order valence-corrected chi connectivity index (χ1v) is 6.43. The van der Waals surface area contributed by atoms with Crippen LogP contribution in [0.2, 0.25) is 0 Å². The Morgan fingerprint density at radius 1 is 0.929 bits per heavy atom. The van der Waals surface area contributed by atoms with Crippen LogP contribution in [-0.4, -0.2) is 12.1 Å². The molecule has 0 fully saturated rings. The fraction of sp³-hybridized carbons (Fsp3) is 1.00. The van der Waals surface area contributed by atoms with E-state index in [1.807, 2.05) is 0 Å². The molecular formula is C13H29N. The van der Waals surface area contributed by atoms with Gasteiger partial charge in [0.25, 0.3) is 0 Å². The lowest BCUT2D eigenvalue weighted by molar-refractivity contribution is 0.314. The quantitative estimate of drug-likeness (QED) is 0.551. The van der Waals surface area contributed by atoms with Crippen molar-refractivity contribution in [2.45, 2.75) is 78.2 Å². The normalized spacial score (nSPS) is 15.4. The predicted octanol–water partition coefficient (Wildman–Crippen LogP) is 4.13. The third kappa shape index (κ3) is 6.42. The second kappa shape index (κ2) is 8.28. The number of rotatable bonds is 9. The van der Waals surface area contributed by atoms with E-state index in [1.54, 1.807) is 0 Å². The van der Waals surface area contributed by atoms with Crippen molar-refractivity contribution >= 4 is 0 Å². The first-order valence-electron chi connectivity index (χ1n) is 6.43. The Morgan fingerprint density at radius 3 is 2.07 bits per heavy atom. The van der Waals surface area contributed by atoms with Crippen LogP contribution in [-0.2, 0) is 0 Å². The molecular weight excluding hydrogens is 170 g/mol. The molecule has 0 rings (SSSR count). The molecule has 0 aliphatic carbocycles.